The lowest BCUT2D eigenvalue weighted by Gasteiger charge is -2.13. The molecule has 0 heterocycles. The standard InChI is InChI=1S/C15H30O3/c1-4-5-6-7-8-9-10-11-12-18-15(17)14(16)13(2)3/h13-14,16H,4-12H2,1-3H3. The van der Waals surface area contributed by atoms with Crippen molar-refractivity contribution in [1.29, 1.82) is 0 Å². The van der Waals surface area contributed by atoms with E-state index in [0.29, 0.717) is 6.61 Å². The average molecular weight is 258 g/mol. The molecular formula is C15H30O3. The maximum atomic E-state index is 11.3. The zero-order valence-electron chi connectivity index (χ0n) is 12.3. The Morgan fingerprint density at radius 2 is 1.50 bits per heavy atom. The molecule has 0 saturated heterocycles. The highest BCUT2D eigenvalue weighted by molar-refractivity contribution is 5.74. The number of aliphatic hydroxyl groups is 1. The number of carbonyl (C=O) groups excluding carboxylic acids is 1. The molecule has 0 spiro atoms. The molecule has 0 aliphatic rings. The van der Waals surface area contributed by atoms with E-state index in [0.717, 1.165) is 12.8 Å². The maximum Gasteiger partial charge on any atom is 0.335 e. The molecule has 0 aromatic carbocycles. The van der Waals surface area contributed by atoms with Crippen LogP contribution in [-0.4, -0.2) is 23.8 Å². The molecule has 0 bridgehead atoms. The summed E-state index contributed by atoms with van der Waals surface area (Å²) in [5.41, 5.74) is 0. The Morgan fingerprint density at radius 3 is 2.00 bits per heavy atom. The predicted molar refractivity (Wildman–Crippen MR) is 74.4 cm³/mol. The number of rotatable bonds is 11. The van der Waals surface area contributed by atoms with Gasteiger partial charge < -0.3 is 9.84 Å². The van der Waals surface area contributed by atoms with Gasteiger partial charge in [-0.3, -0.25) is 0 Å². The molecule has 0 aromatic rings. The van der Waals surface area contributed by atoms with Crippen molar-refractivity contribution in [2.75, 3.05) is 6.61 Å². The molecule has 1 N–H and O–H groups in total. The van der Waals surface area contributed by atoms with E-state index in [9.17, 15) is 9.90 Å². The molecule has 1 atom stereocenters. The van der Waals surface area contributed by atoms with Crippen molar-refractivity contribution in [3.8, 4) is 0 Å². The van der Waals surface area contributed by atoms with Gasteiger partial charge >= 0.3 is 5.97 Å². The van der Waals surface area contributed by atoms with E-state index in [1.807, 2.05) is 13.8 Å². The summed E-state index contributed by atoms with van der Waals surface area (Å²) in [7, 11) is 0. The molecule has 0 aromatic heterocycles. The quantitative estimate of drug-likeness (QED) is 0.454. The van der Waals surface area contributed by atoms with Crippen molar-refractivity contribution in [1.82, 2.24) is 0 Å². The van der Waals surface area contributed by atoms with Crippen molar-refractivity contribution in [3.05, 3.63) is 0 Å². The van der Waals surface area contributed by atoms with Gasteiger partial charge in [-0.25, -0.2) is 4.79 Å². The van der Waals surface area contributed by atoms with Crippen LogP contribution < -0.4 is 0 Å². The summed E-state index contributed by atoms with van der Waals surface area (Å²) in [4.78, 5) is 11.3. The molecule has 0 amide bonds. The van der Waals surface area contributed by atoms with Crippen LogP contribution in [0, 0.1) is 5.92 Å². The van der Waals surface area contributed by atoms with E-state index in [2.05, 4.69) is 6.92 Å². The lowest BCUT2D eigenvalue weighted by molar-refractivity contribution is -0.156. The number of aliphatic hydroxyl groups excluding tert-OH is 1. The molecule has 0 radical (unpaired) electrons. The van der Waals surface area contributed by atoms with Gasteiger partial charge in [0.15, 0.2) is 6.10 Å². The summed E-state index contributed by atoms with van der Waals surface area (Å²) < 4.78 is 5.02. The molecule has 3 heteroatoms. The fraction of sp³-hybridized carbons (Fsp3) is 0.933. The van der Waals surface area contributed by atoms with Gasteiger partial charge in [-0.05, 0) is 12.3 Å². The van der Waals surface area contributed by atoms with E-state index in [1.54, 1.807) is 0 Å². The van der Waals surface area contributed by atoms with Gasteiger partial charge in [0.25, 0.3) is 0 Å². The minimum absolute atomic E-state index is 0.0731. The highest BCUT2D eigenvalue weighted by atomic mass is 16.5. The molecule has 3 nitrogen and oxygen atoms in total. The van der Waals surface area contributed by atoms with Crippen LogP contribution in [0.15, 0.2) is 0 Å². The van der Waals surface area contributed by atoms with E-state index in [4.69, 9.17) is 4.74 Å². The highest BCUT2D eigenvalue weighted by Crippen LogP contribution is 2.09. The molecule has 1 unspecified atom stereocenters. The first-order valence-electron chi connectivity index (χ1n) is 7.44. The van der Waals surface area contributed by atoms with Crippen LogP contribution in [-0.2, 0) is 9.53 Å². The monoisotopic (exact) mass is 258 g/mol. The van der Waals surface area contributed by atoms with Crippen LogP contribution in [0.5, 0.6) is 0 Å². The van der Waals surface area contributed by atoms with E-state index in [-0.39, 0.29) is 5.92 Å². The summed E-state index contributed by atoms with van der Waals surface area (Å²) in [5.74, 6) is -0.552. The van der Waals surface area contributed by atoms with Crippen molar-refractivity contribution < 1.29 is 14.6 Å². The number of hydrogen-bond donors (Lipinski definition) is 1. The minimum atomic E-state index is -0.973. The summed E-state index contributed by atoms with van der Waals surface area (Å²) in [6.07, 6.45) is 8.82. The van der Waals surface area contributed by atoms with Gasteiger partial charge in [0.05, 0.1) is 6.61 Å². The largest absolute Gasteiger partial charge is 0.464 e. The average Bonchev–Trinajstić information content (AvgIpc) is 2.35. The second-order valence-electron chi connectivity index (χ2n) is 5.33. The number of esters is 1. The third-order valence-corrected chi connectivity index (χ3v) is 3.12. The topological polar surface area (TPSA) is 46.5 Å². The number of ether oxygens (including phenoxy) is 1. The van der Waals surface area contributed by atoms with Crippen LogP contribution in [0.3, 0.4) is 0 Å². The Bertz CT molecular complexity index is 202. The smallest absolute Gasteiger partial charge is 0.335 e. The molecule has 0 aliphatic carbocycles. The van der Waals surface area contributed by atoms with Crippen LogP contribution in [0.4, 0.5) is 0 Å². The number of unbranched alkanes of at least 4 members (excludes halogenated alkanes) is 7. The summed E-state index contributed by atoms with van der Waals surface area (Å²) in [6, 6.07) is 0. The maximum absolute atomic E-state index is 11.3. The summed E-state index contributed by atoms with van der Waals surface area (Å²) in [5, 5.41) is 9.44. The molecular weight excluding hydrogens is 228 g/mol. The fourth-order valence-electron chi connectivity index (χ4n) is 1.77. The van der Waals surface area contributed by atoms with Crippen molar-refractivity contribution in [2.24, 2.45) is 5.92 Å². The van der Waals surface area contributed by atoms with Gasteiger partial charge in [-0.2, -0.15) is 0 Å². The third-order valence-electron chi connectivity index (χ3n) is 3.12. The predicted octanol–water partition coefficient (Wildman–Crippen LogP) is 3.69. The normalized spacial score (nSPS) is 12.7. The Morgan fingerprint density at radius 1 is 1.00 bits per heavy atom. The minimum Gasteiger partial charge on any atom is -0.464 e. The zero-order valence-corrected chi connectivity index (χ0v) is 12.3. The first-order valence-corrected chi connectivity index (χ1v) is 7.44. The van der Waals surface area contributed by atoms with Crippen LogP contribution >= 0.6 is 0 Å². The summed E-state index contributed by atoms with van der Waals surface area (Å²) >= 11 is 0. The summed E-state index contributed by atoms with van der Waals surface area (Å²) in [6.45, 7) is 6.28. The van der Waals surface area contributed by atoms with Crippen LogP contribution in [0.2, 0.25) is 0 Å². The fourth-order valence-corrected chi connectivity index (χ4v) is 1.77. The van der Waals surface area contributed by atoms with Crippen LogP contribution in [0.1, 0.15) is 72.1 Å². The molecule has 108 valence electrons. The van der Waals surface area contributed by atoms with Crippen LogP contribution in [0.25, 0.3) is 0 Å². The second-order valence-corrected chi connectivity index (χ2v) is 5.33. The molecule has 18 heavy (non-hydrogen) atoms. The Hall–Kier alpha value is -0.570. The second kappa shape index (κ2) is 11.5. The molecule has 0 fully saturated rings. The van der Waals surface area contributed by atoms with E-state index < -0.39 is 12.1 Å². The molecule has 0 saturated carbocycles. The van der Waals surface area contributed by atoms with E-state index >= 15 is 0 Å². The SMILES string of the molecule is CCCCCCCCCCOC(=O)C(O)C(C)C. The molecule has 0 rings (SSSR count). The van der Waals surface area contributed by atoms with Gasteiger partial charge in [0.1, 0.15) is 0 Å². The van der Waals surface area contributed by atoms with Gasteiger partial charge in [-0.1, -0.05) is 65.7 Å². The Balaban J connectivity index is 3.27. The zero-order chi connectivity index (χ0) is 13.8. The van der Waals surface area contributed by atoms with Gasteiger partial charge in [-0.15, -0.1) is 0 Å². The van der Waals surface area contributed by atoms with Crippen molar-refractivity contribution in [2.45, 2.75) is 78.2 Å². The highest BCUT2D eigenvalue weighted by Gasteiger charge is 2.19. The Kier molecular flexibility index (Phi) is 11.2. The first-order chi connectivity index (χ1) is 8.59. The first kappa shape index (κ1) is 17.4. The number of hydrogen-bond acceptors (Lipinski definition) is 3. The Labute approximate surface area is 112 Å². The van der Waals surface area contributed by atoms with Crippen molar-refractivity contribution in [3.63, 3.8) is 0 Å². The van der Waals surface area contributed by atoms with Gasteiger partial charge in [0.2, 0.25) is 0 Å². The lowest BCUT2D eigenvalue weighted by Crippen LogP contribution is -2.28. The third kappa shape index (κ3) is 9.46. The molecule has 0 aliphatic heterocycles. The van der Waals surface area contributed by atoms with Gasteiger partial charge in [0, 0.05) is 0 Å². The number of carbonyl (C=O) groups is 1. The lowest BCUT2D eigenvalue weighted by atomic mass is 10.1. The van der Waals surface area contributed by atoms with E-state index in [1.165, 1.54) is 38.5 Å². The van der Waals surface area contributed by atoms with Crippen molar-refractivity contribution >= 4 is 5.97 Å².